The van der Waals surface area contributed by atoms with Crippen LogP contribution in [-0.4, -0.2) is 27.8 Å². The van der Waals surface area contributed by atoms with Crippen LogP contribution < -0.4 is 5.32 Å². The summed E-state index contributed by atoms with van der Waals surface area (Å²) in [7, 11) is 0. The lowest BCUT2D eigenvalue weighted by atomic mass is 10.0. The first kappa shape index (κ1) is 20.3. The van der Waals surface area contributed by atoms with E-state index in [4.69, 9.17) is 4.74 Å². The van der Waals surface area contributed by atoms with E-state index in [1.807, 2.05) is 56.3 Å². The summed E-state index contributed by atoms with van der Waals surface area (Å²) in [5.41, 5.74) is 2.47. The van der Waals surface area contributed by atoms with Crippen molar-refractivity contribution >= 4 is 17.7 Å². The Balaban J connectivity index is 1.61. The van der Waals surface area contributed by atoms with Crippen molar-refractivity contribution in [1.82, 2.24) is 9.78 Å². The second-order valence-corrected chi connectivity index (χ2v) is 6.90. The number of esters is 1. The van der Waals surface area contributed by atoms with Crippen LogP contribution in [0.1, 0.15) is 43.6 Å². The Labute approximate surface area is 170 Å². The van der Waals surface area contributed by atoms with Crippen molar-refractivity contribution in [3.63, 3.8) is 0 Å². The van der Waals surface area contributed by atoms with E-state index in [-0.39, 0.29) is 6.04 Å². The molecule has 0 saturated carbocycles. The van der Waals surface area contributed by atoms with Crippen LogP contribution in [0.3, 0.4) is 0 Å². The molecule has 0 spiro atoms. The van der Waals surface area contributed by atoms with Crippen molar-refractivity contribution in [3.8, 4) is 11.1 Å². The fourth-order valence-corrected chi connectivity index (χ4v) is 2.88. The highest BCUT2D eigenvalue weighted by molar-refractivity contribution is 5.97. The second-order valence-electron chi connectivity index (χ2n) is 6.90. The molecule has 0 radical (unpaired) electrons. The van der Waals surface area contributed by atoms with E-state index in [1.165, 1.54) is 0 Å². The molecule has 1 N–H and O–H groups in total. The van der Waals surface area contributed by atoms with E-state index < -0.39 is 18.0 Å². The van der Waals surface area contributed by atoms with Crippen molar-refractivity contribution in [2.24, 2.45) is 0 Å². The molecule has 0 aliphatic carbocycles. The molecule has 2 aromatic carbocycles. The van der Waals surface area contributed by atoms with Crippen LogP contribution in [-0.2, 0) is 9.53 Å². The SMILES string of the molecule is CC[C@@H](C)n1nccc1NC(=O)[C@@H](C)OC(=O)c1ccc(-c2ccccc2)cc1. The van der Waals surface area contributed by atoms with Gasteiger partial charge in [0.1, 0.15) is 5.82 Å². The van der Waals surface area contributed by atoms with Crippen molar-refractivity contribution in [1.29, 1.82) is 0 Å². The minimum Gasteiger partial charge on any atom is -0.449 e. The zero-order valence-corrected chi connectivity index (χ0v) is 16.8. The van der Waals surface area contributed by atoms with E-state index in [2.05, 4.69) is 10.4 Å². The van der Waals surface area contributed by atoms with Gasteiger partial charge in [-0.3, -0.25) is 4.79 Å². The van der Waals surface area contributed by atoms with Crippen LogP contribution in [0.5, 0.6) is 0 Å². The summed E-state index contributed by atoms with van der Waals surface area (Å²) < 4.78 is 7.08. The summed E-state index contributed by atoms with van der Waals surface area (Å²) in [5.74, 6) is -0.355. The van der Waals surface area contributed by atoms with Gasteiger partial charge in [0.2, 0.25) is 0 Å². The third-order valence-corrected chi connectivity index (χ3v) is 4.81. The number of carbonyl (C=O) groups excluding carboxylic acids is 2. The maximum atomic E-state index is 12.5. The van der Waals surface area contributed by atoms with Gasteiger partial charge in [-0.05, 0) is 43.5 Å². The highest BCUT2D eigenvalue weighted by Crippen LogP contribution is 2.20. The summed E-state index contributed by atoms with van der Waals surface area (Å²) in [6.45, 7) is 5.62. The Morgan fingerprint density at radius 3 is 2.31 bits per heavy atom. The number of anilines is 1. The van der Waals surface area contributed by atoms with Gasteiger partial charge in [0.15, 0.2) is 6.10 Å². The molecular weight excluding hydrogens is 366 g/mol. The third-order valence-electron chi connectivity index (χ3n) is 4.81. The number of aromatic nitrogens is 2. The standard InChI is InChI=1S/C23H25N3O3/c1-4-16(2)26-21(14-15-24-26)25-22(27)17(3)29-23(28)20-12-10-19(11-13-20)18-8-6-5-7-9-18/h5-17H,4H2,1-3H3,(H,25,27)/t16-,17-/m1/s1. The molecule has 1 aromatic heterocycles. The Morgan fingerprint density at radius 2 is 1.66 bits per heavy atom. The van der Waals surface area contributed by atoms with Gasteiger partial charge in [0.25, 0.3) is 5.91 Å². The van der Waals surface area contributed by atoms with Crippen molar-refractivity contribution in [3.05, 3.63) is 72.4 Å². The van der Waals surface area contributed by atoms with E-state index in [1.54, 1.807) is 36.0 Å². The van der Waals surface area contributed by atoms with Gasteiger partial charge >= 0.3 is 5.97 Å². The van der Waals surface area contributed by atoms with Gasteiger partial charge in [-0.15, -0.1) is 0 Å². The lowest BCUT2D eigenvalue weighted by Gasteiger charge is -2.17. The normalized spacial score (nSPS) is 12.8. The highest BCUT2D eigenvalue weighted by atomic mass is 16.5. The van der Waals surface area contributed by atoms with Crippen LogP contribution in [0.4, 0.5) is 5.82 Å². The number of nitrogens with one attached hydrogen (secondary N) is 1. The lowest BCUT2D eigenvalue weighted by molar-refractivity contribution is -0.123. The predicted octanol–water partition coefficient (Wildman–Crippen LogP) is 4.71. The first-order valence-corrected chi connectivity index (χ1v) is 9.70. The summed E-state index contributed by atoms with van der Waals surface area (Å²) in [6, 6.07) is 18.9. The molecule has 1 amide bonds. The lowest BCUT2D eigenvalue weighted by Crippen LogP contribution is -2.31. The number of hydrogen-bond donors (Lipinski definition) is 1. The average molecular weight is 391 g/mol. The molecular formula is C23H25N3O3. The minimum atomic E-state index is -0.934. The van der Waals surface area contributed by atoms with Crippen LogP contribution in [0.15, 0.2) is 66.9 Å². The molecule has 150 valence electrons. The highest BCUT2D eigenvalue weighted by Gasteiger charge is 2.21. The maximum absolute atomic E-state index is 12.5. The Hall–Kier alpha value is -3.41. The van der Waals surface area contributed by atoms with Crippen LogP contribution >= 0.6 is 0 Å². The van der Waals surface area contributed by atoms with E-state index in [9.17, 15) is 9.59 Å². The fourth-order valence-electron chi connectivity index (χ4n) is 2.88. The Kier molecular flexibility index (Phi) is 6.44. The predicted molar refractivity (Wildman–Crippen MR) is 113 cm³/mol. The average Bonchev–Trinajstić information content (AvgIpc) is 3.22. The number of rotatable bonds is 7. The molecule has 3 rings (SSSR count). The van der Waals surface area contributed by atoms with Crippen molar-refractivity contribution in [2.45, 2.75) is 39.3 Å². The summed E-state index contributed by atoms with van der Waals surface area (Å²) in [5, 5.41) is 7.01. The second kappa shape index (κ2) is 9.19. The smallest absolute Gasteiger partial charge is 0.338 e. The molecule has 2 atom stereocenters. The van der Waals surface area contributed by atoms with Gasteiger partial charge in [-0.1, -0.05) is 49.4 Å². The summed E-state index contributed by atoms with van der Waals surface area (Å²) in [4.78, 5) is 24.9. The quantitative estimate of drug-likeness (QED) is 0.592. The van der Waals surface area contributed by atoms with Crippen molar-refractivity contribution in [2.75, 3.05) is 5.32 Å². The largest absolute Gasteiger partial charge is 0.449 e. The van der Waals surface area contributed by atoms with Crippen LogP contribution in [0, 0.1) is 0 Å². The monoisotopic (exact) mass is 391 g/mol. The number of hydrogen-bond acceptors (Lipinski definition) is 4. The molecule has 0 unspecified atom stereocenters. The van der Waals surface area contributed by atoms with E-state index in [0.29, 0.717) is 11.4 Å². The first-order chi connectivity index (χ1) is 14.0. The summed E-state index contributed by atoms with van der Waals surface area (Å²) >= 11 is 0. The number of ether oxygens (including phenoxy) is 1. The first-order valence-electron chi connectivity index (χ1n) is 9.70. The molecule has 3 aromatic rings. The van der Waals surface area contributed by atoms with Gasteiger partial charge in [-0.2, -0.15) is 5.10 Å². The molecule has 0 aliphatic heterocycles. The number of carbonyl (C=O) groups is 2. The molecule has 6 nitrogen and oxygen atoms in total. The zero-order chi connectivity index (χ0) is 20.8. The molecule has 0 bridgehead atoms. The van der Waals surface area contributed by atoms with Crippen molar-refractivity contribution < 1.29 is 14.3 Å². The van der Waals surface area contributed by atoms with E-state index in [0.717, 1.165) is 17.5 Å². The fraction of sp³-hybridized carbons (Fsp3) is 0.261. The van der Waals surface area contributed by atoms with Crippen LogP contribution in [0.25, 0.3) is 11.1 Å². The molecule has 1 heterocycles. The molecule has 6 heteroatoms. The molecule has 0 aliphatic rings. The Bertz CT molecular complexity index is 965. The van der Waals surface area contributed by atoms with Gasteiger partial charge in [0, 0.05) is 6.07 Å². The topological polar surface area (TPSA) is 73.2 Å². The van der Waals surface area contributed by atoms with Gasteiger partial charge in [-0.25, -0.2) is 9.48 Å². The number of benzene rings is 2. The third kappa shape index (κ3) is 4.90. The maximum Gasteiger partial charge on any atom is 0.338 e. The van der Waals surface area contributed by atoms with E-state index >= 15 is 0 Å². The van der Waals surface area contributed by atoms with Crippen LogP contribution in [0.2, 0.25) is 0 Å². The van der Waals surface area contributed by atoms with Gasteiger partial charge < -0.3 is 10.1 Å². The number of amides is 1. The Morgan fingerprint density at radius 1 is 1.00 bits per heavy atom. The minimum absolute atomic E-state index is 0.154. The molecule has 0 saturated heterocycles. The number of nitrogens with zero attached hydrogens (tertiary/aromatic N) is 2. The van der Waals surface area contributed by atoms with Gasteiger partial charge in [0.05, 0.1) is 17.8 Å². The molecule has 0 fully saturated rings. The summed E-state index contributed by atoms with van der Waals surface area (Å²) in [6.07, 6.45) is 1.58. The molecule has 29 heavy (non-hydrogen) atoms. The zero-order valence-electron chi connectivity index (χ0n) is 16.8.